The molecule has 0 bridgehead atoms. The van der Waals surface area contributed by atoms with Crippen molar-refractivity contribution in [1.82, 2.24) is 5.43 Å². The molecule has 1 amide bonds. The number of benzene rings is 1. The third kappa shape index (κ3) is 1.71. The van der Waals surface area contributed by atoms with Gasteiger partial charge < -0.3 is 0 Å². The fourth-order valence-corrected chi connectivity index (χ4v) is 0.779. The maximum Gasteiger partial charge on any atom is 0.265 e. The number of carbonyl (C=O) groups excluding carboxylic acids is 1. The second kappa shape index (κ2) is 3.70. The standard InChI is InChI=1S/C7H9N3O2/c8-9-7(11)5-1-3-6(10-12)4-2-5/h1-4,10,12H,8H2,(H,9,11). The van der Waals surface area contributed by atoms with E-state index in [9.17, 15) is 4.79 Å². The fraction of sp³-hybridized carbons (Fsp3) is 0. The zero-order valence-electron chi connectivity index (χ0n) is 6.24. The van der Waals surface area contributed by atoms with Crippen molar-refractivity contribution in [2.24, 2.45) is 5.84 Å². The molecule has 0 aromatic heterocycles. The van der Waals surface area contributed by atoms with Crippen LogP contribution >= 0.6 is 0 Å². The van der Waals surface area contributed by atoms with Crippen LogP contribution in [0.4, 0.5) is 5.69 Å². The SMILES string of the molecule is NNC(=O)c1ccc(NO)cc1. The van der Waals surface area contributed by atoms with Crippen molar-refractivity contribution < 1.29 is 10.0 Å². The highest BCUT2D eigenvalue weighted by Gasteiger charge is 2.01. The maximum absolute atomic E-state index is 10.9. The van der Waals surface area contributed by atoms with Crippen LogP contribution in [0.25, 0.3) is 0 Å². The number of carbonyl (C=O) groups is 1. The molecular formula is C7H9N3O2. The zero-order chi connectivity index (χ0) is 8.97. The number of nitrogen functional groups attached to an aromatic ring is 1. The lowest BCUT2D eigenvalue weighted by Gasteiger charge is -2.00. The molecular weight excluding hydrogens is 158 g/mol. The summed E-state index contributed by atoms with van der Waals surface area (Å²) >= 11 is 0. The van der Waals surface area contributed by atoms with Crippen LogP contribution in [0.1, 0.15) is 10.4 Å². The Hall–Kier alpha value is -1.59. The third-order valence-electron chi connectivity index (χ3n) is 1.41. The number of hydrogen-bond acceptors (Lipinski definition) is 4. The Labute approximate surface area is 69.1 Å². The number of anilines is 1. The largest absolute Gasteiger partial charge is 0.291 e. The minimum Gasteiger partial charge on any atom is -0.291 e. The summed E-state index contributed by atoms with van der Waals surface area (Å²) in [6.45, 7) is 0. The molecule has 5 heteroatoms. The molecule has 12 heavy (non-hydrogen) atoms. The fourth-order valence-electron chi connectivity index (χ4n) is 0.779. The first-order valence-corrected chi connectivity index (χ1v) is 3.29. The normalized spacial score (nSPS) is 9.17. The van der Waals surface area contributed by atoms with Gasteiger partial charge in [-0.15, -0.1) is 0 Å². The molecule has 0 unspecified atom stereocenters. The van der Waals surface area contributed by atoms with Gasteiger partial charge in [0.1, 0.15) is 0 Å². The number of nitrogens with two attached hydrogens (primary N) is 1. The first-order chi connectivity index (χ1) is 5.77. The van der Waals surface area contributed by atoms with Crippen molar-refractivity contribution in [2.75, 3.05) is 5.48 Å². The molecule has 0 saturated carbocycles. The molecule has 0 aliphatic heterocycles. The van der Waals surface area contributed by atoms with E-state index in [1.165, 1.54) is 0 Å². The van der Waals surface area contributed by atoms with E-state index < -0.39 is 0 Å². The molecule has 0 saturated heterocycles. The van der Waals surface area contributed by atoms with E-state index in [0.717, 1.165) is 0 Å². The molecule has 0 atom stereocenters. The van der Waals surface area contributed by atoms with Crippen molar-refractivity contribution in [3.05, 3.63) is 29.8 Å². The van der Waals surface area contributed by atoms with Gasteiger partial charge >= 0.3 is 0 Å². The maximum atomic E-state index is 10.9. The van der Waals surface area contributed by atoms with Crippen molar-refractivity contribution in [2.45, 2.75) is 0 Å². The van der Waals surface area contributed by atoms with Gasteiger partial charge in [-0.05, 0) is 24.3 Å². The van der Waals surface area contributed by atoms with Gasteiger partial charge in [-0.3, -0.25) is 20.9 Å². The predicted octanol–water partition coefficient (Wildman–Crippen LogP) is 0.0912. The molecule has 0 heterocycles. The van der Waals surface area contributed by atoms with Gasteiger partial charge in [-0.25, -0.2) is 5.84 Å². The van der Waals surface area contributed by atoms with E-state index in [2.05, 4.69) is 0 Å². The van der Waals surface area contributed by atoms with E-state index in [1.807, 2.05) is 10.9 Å². The third-order valence-corrected chi connectivity index (χ3v) is 1.41. The smallest absolute Gasteiger partial charge is 0.265 e. The number of hydrogen-bond donors (Lipinski definition) is 4. The van der Waals surface area contributed by atoms with E-state index >= 15 is 0 Å². The molecule has 64 valence electrons. The van der Waals surface area contributed by atoms with E-state index in [0.29, 0.717) is 11.3 Å². The zero-order valence-corrected chi connectivity index (χ0v) is 6.24. The second-order valence-electron chi connectivity index (χ2n) is 2.16. The molecule has 0 aliphatic carbocycles. The highest BCUT2D eigenvalue weighted by molar-refractivity contribution is 5.94. The molecule has 0 radical (unpaired) electrons. The summed E-state index contributed by atoms with van der Waals surface area (Å²) in [5.74, 6) is 4.55. The first kappa shape index (κ1) is 8.51. The van der Waals surface area contributed by atoms with Crippen LogP contribution < -0.4 is 16.7 Å². The number of nitrogens with one attached hydrogen (secondary N) is 2. The van der Waals surface area contributed by atoms with Gasteiger partial charge in [0.2, 0.25) is 0 Å². The molecule has 5 nitrogen and oxygen atoms in total. The minimum atomic E-state index is -0.362. The summed E-state index contributed by atoms with van der Waals surface area (Å²) in [5.41, 5.74) is 4.90. The molecule has 1 aromatic rings. The predicted molar refractivity (Wildman–Crippen MR) is 43.5 cm³/mol. The van der Waals surface area contributed by atoms with E-state index in [1.54, 1.807) is 24.3 Å². The van der Waals surface area contributed by atoms with Crippen molar-refractivity contribution in [1.29, 1.82) is 0 Å². The summed E-state index contributed by atoms with van der Waals surface area (Å²) in [7, 11) is 0. The van der Waals surface area contributed by atoms with Crippen LogP contribution in [0.3, 0.4) is 0 Å². The number of hydrazine groups is 1. The summed E-state index contributed by atoms with van der Waals surface area (Å²) in [4.78, 5) is 10.9. The highest BCUT2D eigenvalue weighted by atomic mass is 16.5. The lowest BCUT2D eigenvalue weighted by Crippen LogP contribution is -2.29. The molecule has 1 rings (SSSR count). The Morgan fingerprint density at radius 1 is 1.33 bits per heavy atom. The van der Waals surface area contributed by atoms with Gasteiger partial charge in [-0.1, -0.05) is 0 Å². The van der Waals surface area contributed by atoms with Crippen molar-refractivity contribution in [3.8, 4) is 0 Å². The average Bonchev–Trinajstić information content (AvgIpc) is 2.17. The van der Waals surface area contributed by atoms with Gasteiger partial charge in [0, 0.05) is 5.56 Å². The molecule has 0 aliphatic rings. The summed E-state index contributed by atoms with van der Waals surface area (Å²) < 4.78 is 0. The van der Waals surface area contributed by atoms with E-state index in [4.69, 9.17) is 11.0 Å². The van der Waals surface area contributed by atoms with Gasteiger partial charge in [0.25, 0.3) is 5.91 Å². The minimum absolute atomic E-state index is 0.362. The molecule has 0 fully saturated rings. The van der Waals surface area contributed by atoms with Crippen LogP contribution in [-0.4, -0.2) is 11.1 Å². The second-order valence-corrected chi connectivity index (χ2v) is 2.16. The lowest BCUT2D eigenvalue weighted by atomic mass is 10.2. The van der Waals surface area contributed by atoms with Gasteiger partial charge in [0.05, 0.1) is 5.69 Å². The average molecular weight is 167 g/mol. The summed E-state index contributed by atoms with van der Waals surface area (Å²) in [6, 6.07) is 6.20. The van der Waals surface area contributed by atoms with Crippen LogP contribution in [0.15, 0.2) is 24.3 Å². The number of rotatable bonds is 2. The van der Waals surface area contributed by atoms with Crippen molar-refractivity contribution in [3.63, 3.8) is 0 Å². The van der Waals surface area contributed by atoms with Crippen LogP contribution in [-0.2, 0) is 0 Å². The Morgan fingerprint density at radius 3 is 2.33 bits per heavy atom. The number of amides is 1. The first-order valence-electron chi connectivity index (χ1n) is 3.29. The summed E-state index contributed by atoms with van der Waals surface area (Å²) in [5, 5.41) is 8.45. The quantitative estimate of drug-likeness (QED) is 0.285. The molecule has 5 N–H and O–H groups in total. The summed E-state index contributed by atoms with van der Waals surface area (Å²) in [6.07, 6.45) is 0. The molecule has 0 spiro atoms. The lowest BCUT2D eigenvalue weighted by molar-refractivity contribution is 0.0953. The highest BCUT2D eigenvalue weighted by Crippen LogP contribution is 2.07. The Kier molecular flexibility index (Phi) is 2.62. The van der Waals surface area contributed by atoms with Crippen LogP contribution in [0.5, 0.6) is 0 Å². The molecule has 1 aromatic carbocycles. The van der Waals surface area contributed by atoms with E-state index in [-0.39, 0.29) is 5.91 Å². The Balaban J connectivity index is 2.84. The Bertz CT molecular complexity index is 270. The van der Waals surface area contributed by atoms with Crippen molar-refractivity contribution >= 4 is 11.6 Å². The monoisotopic (exact) mass is 167 g/mol. The van der Waals surface area contributed by atoms with Gasteiger partial charge in [-0.2, -0.15) is 0 Å². The Morgan fingerprint density at radius 2 is 1.92 bits per heavy atom. The van der Waals surface area contributed by atoms with Gasteiger partial charge in [0.15, 0.2) is 0 Å². The van der Waals surface area contributed by atoms with Crippen LogP contribution in [0.2, 0.25) is 0 Å². The van der Waals surface area contributed by atoms with Crippen LogP contribution in [0, 0.1) is 0 Å². The topological polar surface area (TPSA) is 87.4 Å².